The first-order valence-electron chi connectivity index (χ1n) is 10.5. The molecule has 8 nitrogen and oxygen atoms in total. The zero-order valence-electron chi connectivity index (χ0n) is 19.7. The predicted molar refractivity (Wildman–Crippen MR) is 121 cm³/mol. The van der Waals surface area contributed by atoms with Gasteiger partial charge in [0.1, 0.15) is 18.0 Å². The Morgan fingerprint density at radius 3 is 2.41 bits per heavy atom. The van der Waals surface area contributed by atoms with Gasteiger partial charge in [-0.2, -0.15) is 14.8 Å². The Morgan fingerprint density at radius 1 is 1.12 bits per heavy atom. The van der Waals surface area contributed by atoms with Crippen LogP contribution in [0, 0.1) is 6.92 Å². The Balaban J connectivity index is 1.88. The molecular weight excluding hydrogens is 408 g/mol. The third-order valence-electron chi connectivity index (χ3n) is 4.63. The van der Waals surface area contributed by atoms with Gasteiger partial charge in [-0.3, -0.25) is 0 Å². The third kappa shape index (κ3) is 5.63. The summed E-state index contributed by atoms with van der Waals surface area (Å²) in [7, 11) is 1.64. The van der Waals surface area contributed by atoms with Crippen LogP contribution in [-0.2, 0) is 11.3 Å². The van der Waals surface area contributed by atoms with Crippen LogP contribution >= 0.6 is 0 Å². The van der Waals surface area contributed by atoms with Crippen LogP contribution in [0.15, 0.2) is 36.7 Å². The molecule has 0 aliphatic rings. The van der Waals surface area contributed by atoms with E-state index >= 15 is 0 Å². The molecule has 32 heavy (non-hydrogen) atoms. The van der Waals surface area contributed by atoms with E-state index in [1.54, 1.807) is 40.3 Å². The molecule has 0 radical (unpaired) electrons. The number of aryl methyl sites for hydroxylation is 1. The Labute approximate surface area is 188 Å². The number of aromatic nitrogens is 4. The molecule has 170 valence electrons. The maximum atomic E-state index is 12.3. The van der Waals surface area contributed by atoms with Crippen LogP contribution in [0.4, 0.5) is 4.79 Å². The Bertz CT molecular complexity index is 1080. The van der Waals surface area contributed by atoms with E-state index in [1.165, 1.54) is 0 Å². The van der Waals surface area contributed by atoms with Crippen molar-refractivity contribution in [2.75, 3.05) is 7.11 Å². The summed E-state index contributed by atoms with van der Waals surface area (Å²) in [6, 6.07) is 7.69. The normalized spacial score (nSPS) is 11.5. The summed E-state index contributed by atoms with van der Waals surface area (Å²) in [5.41, 5.74) is 2.75. The van der Waals surface area contributed by atoms with Gasteiger partial charge in [-0.25, -0.2) is 9.78 Å². The highest BCUT2D eigenvalue weighted by molar-refractivity contribution is 5.71. The van der Waals surface area contributed by atoms with Crippen molar-refractivity contribution >= 4 is 6.09 Å². The number of carbonyl (C=O) groups is 1. The van der Waals surface area contributed by atoms with Crippen LogP contribution in [0.1, 0.15) is 57.4 Å². The largest absolute Gasteiger partial charge is 0.497 e. The molecule has 0 spiro atoms. The molecule has 0 atom stereocenters. The van der Waals surface area contributed by atoms with Gasteiger partial charge in [0.2, 0.25) is 5.88 Å². The summed E-state index contributed by atoms with van der Waals surface area (Å²) in [4.78, 5) is 21.6. The van der Waals surface area contributed by atoms with E-state index in [4.69, 9.17) is 14.2 Å². The van der Waals surface area contributed by atoms with E-state index in [-0.39, 0.29) is 5.92 Å². The first-order valence-corrected chi connectivity index (χ1v) is 10.5. The van der Waals surface area contributed by atoms with Gasteiger partial charge in [0, 0.05) is 17.5 Å². The quantitative estimate of drug-likeness (QED) is 0.526. The average Bonchev–Trinajstić information content (AvgIpc) is 3.21. The Hall–Kier alpha value is -3.42. The third-order valence-corrected chi connectivity index (χ3v) is 4.63. The molecule has 0 bridgehead atoms. The molecule has 0 N–H and O–H groups in total. The summed E-state index contributed by atoms with van der Waals surface area (Å²) in [6.45, 7) is 11.9. The molecule has 0 amide bonds. The molecule has 0 saturated heterocycles. The zero-order chi connectivity index (χ0) is 23.5. The number of carbonyl (C=O) groups excluding carboxylic acids is 1. The summed E-state index contributed by atoms with van der Waals surface area (Å²) in [5.74, 6) is 1.92. The monoisotopic (exact) mass is 438 g/mol. The van der Waals surface area contributed by atoms with Crippen LogP contribution in [0.5, 0.6) is 11.6 Å². The van der Waals surface area contributed by atoms with Gasteiger partial charge in [-0.1, -0.05) is 26.0 Å². The van der Waals surface area contributed by atoms with E-state index in [1.807, 2.05) is 31.2 Å². The van der Waals surface area contributed by atoms with Crippen molar-refractivity contribution in [2.24, 2.45) is 0 Å². The second-order valence-electron chi connectivity index (χ2n) is 8.80. The minimum atomic E-state index is -0.613. The minimum absolute atomic E-state index is 0.180. The van der Waals surface area contributed by atoms with Crippen molar-refractivity contribution in [1.82, 2.24) is 19.7 Å². The molecule has 0 fully saturated rings. The fourth-order valence-corrected chi connectivity index (χ4v) is 3.18. The number of methoxy groups -OCH3 is 1. The highest BCUT2D eigenvalue weighted by atomic mass is 16.6. The number of hydrogen-bond donors (Lipinski definition) is 0. The zero-order valence-corrected chi connectivity index (χ0v) is 19.7. The predicted octanol–water partition coefficient (Wildman–Crippen LogP) is 5.14. The van der Waals surface area contributed by atoms with E-state index in [2.05, 4.69) is 28.9 Å². The number of ether oxygens (including phenoxy) is 3. The summed E-state index contributed by atoms with van der Waals surface area (Å²) >= 11 is 0. The molecule has 0 aliphatic heterocycles. The molecule has 1 aromatic carbocycles. The Morgan fingerprint density at radius 2 is 1.81 bits per heavy atom. The van der Waals surface area contributed by atoms with Gasteiger partial charge < -0.3 is 14.2 Å². The molecule has 8 heteroatoms. The van der Waals surface area contributed by atoms with E-state index < -0.39 is 11.7 Å². The molecule has 2 aromatic heterocycles. The maximum Gasteiger partial charge on any atom is 0.435 e. The first kappa shape index (κ1) is 23.2. The van der Waals surface area contributed by atoms with Gasteiger partial charge in [-0.05, 0) is 51.3 Å². The van der Waals surface area contributed by atoms with Crippen molar-refractivity contribution in [2.45, 2.75) is 59.7 Å². The molecule has 0 saturated carbocycles. The van der Waals surface area contributed by atoms with Gasteiger partial charge in [0.15, 0.2) is 5.82 Å². The molecule has 2 heterocycles. The van der Waals surface area contributed by atoms with Crippen LogP contribution in [-0.4, -0.2) is 38.6 Å². The van der Waals surface area contributed by atoms with Crippen molar-refractivity contribution < 1.29 is 19.0 Å². The van der Waals surface area contributed by atoms with Crippen LogP contribution in [0.3, 0.4) is 0 Å². The molecule has 3 rings (SSSR count). The first-order chi connectivity index (χ1) is 15.1. The second-order valence-corrected chi connectivity index (χ2v) is 8.80. The fraction of sp³-hybridized carbons (Fsp3) is 0.417. The summed E-state index contributed by atoms with van der Waals surface area (Å²) in [6.07, 6.45) is 2.54. The van der Waals surface area contributed by atoms with Crippen molar-refractivity contribution in [3.63, 3.8) is 0 Å². The smallest absolute Gasteiger partial charge is 0.435 e. The lowest BCUT2D eigenvalue weighted by Crippen LogP contribution is -2.27. The number of rotatable bonds is 6. The highest BCUT2D eigenvalue weighted by Gasteiger charge is 2.21. The van der Waals surface area contributed by atoms with Crippen molar-refractivity contribution in [3.8, 4) is 23.0 Å². The summed E-state index contributed by atoms with van der Waals surface area (Å²) in [5, 5.41) is 4.11. The van der Waals surface area contributed by atoms with Crippen molar-refractivity contribution in [3.05, 3.63) is 53.5 Å². The average molecular weight is 439 g/mol. The fourth-order valence-electron chi connectivity index (χ4n) is 3.18. The molecule has 3 aromatic rings. The van der Waals surface area contributed by atoms with Gasteiger partial charge in [0.25, 0.3) is 0 Å². The minimum Gasteiger partial charge on any atom is -0.497 e. The number of benzene rings is 1. The molecule has 0 aliphatic carbocycles. The van der Waals surface area contributed by atoms with Crippen molar-refractivity contribution in [1.29, 1.82) is 0 Å². The standard InChI is InChI=1S/C24H30N4O4/c1-15(2)20-16(3)26-21(18-12-25-28(13-18)23(29)32-24(4,5)6)27-22(20)31-14-17-8-10-19(30-7)11-9-17/h8-13,15H,14H2,1-7H3. The molecule has 0 unspecified atom stereocenters. The Kier molecular flexibility index (Phi) is 6.81. The van der Waals surface area contributed by atoms with Gasteiger partial charge >= 0.3 is 6.09 Å². The van der Waals surface area contributed by atoms with E-state index in [0.717, 1.165) is 27.3 Å². The number of nitrogens with zero attached hydrogens (tertiary/aromatic N) is 4. The van der Waals surface area contributed by atoms with Crippen LogP contribution in [0.2, 0.25) is 0 Å². The van der Waals surface area contributed by atoms with Crippen LogP contribution in [0.25, 0.3) is 11.4 Å². The van der Waals surface area contributed by atoms with Crippen LogP contribution < -0.4 is 9.47 Å². The lowest BCUT2D eigenvalue weighted by Gasteiger charge is -2.18. The maximum absolute atomic E-state index is 12.3. The van der Waals surface area contributed by atoms with Gasteiger partial charge in [-0.15, -0.1) is 0 Å². The lowest BCUT2D eigenvalue weighted by molar-refractivity contribution is 0.0514. The number of hydrogen-bond acceptors (Lipinski definition) is 7. The molecular formula is C24H30N4O4. The topological polar surface area (TPSA) is 88.4 Å². The van der Waals surface area contributed by atoms with Gasteiger partial charge in [0.05, 0.1) is 18.9 Å². The van der Waals surface area contributed by atoms with E-state index in [0.29, 0.717) is 23.9 Å². The lowest BCUT2D eigenvalue weighted by atomic mass is 10.0. The summed E-state index contributed by atoms with van der Waals surface area (Å²) < 4.78 is 17.8. The highest BCUT2D eigenvalue weighted by Crippen LogP contribution is 2.30. The van der Waals surface area contributed by atoms with E-state index in [9.17, 15) is 4.79 Å². The second kappa shape index (κ2) is 9.38. The SMILES string of the molecule is COc1ccc(COc2nc(-c3cnn(C(=O)OC(C)(C)C)c3)nc(C)c2C(C)C)cc1.